The molecule has 8 nitrogen and oxygen atoms in total. The van der Waals surface area contributed by atoms with Gasteiger partial charge in [0, 0.05) is 37.8 Å². The summed E-state index contributed by atoms with van der Waals surface area (Å²) in [7, 11) is 1.41. The second kappa shape index (κ2) is 9.79. The first-order valence-corrected chi connectivity index (χ1v) is 11.0. The van der Waals surface area contributed by atoms with Gasteiger partial charge in [-0.05, 0) is 25.5 Å². The van der Waals surface area contributed by atoms with Crippen LogP contribution >= 0.6 is 11.3 Å². The maximum atomic E-state index is 14.3. The van der Waals surface area contributed by atoms with Crippen molar-refractivity contribution in [1.82, 2.24) is 15.2 Å². The summed E-state index contributed by atoms with van der Waals surface area (Å²) in [6.45, 7) is 1.40. The molecule has 7 N–H and O–H groups in total. The summed E-state index contributed by atoms with van der Waals surface area (Å²) in [4.78, 5) is 22.5. The van der Waals surface area contributed by atoms with Crippen LogP contribution in [0.25, 0.3) is 10.6 Å². The van der Waals surface area contributed by atoms with Crippen LogP contribution in [-0.2, 0) is 0 Å². The highest BCUT2D eigenvalue weighted by Crippen LogP contribution is 2.32. The molecule has 2 heterocycles. The van der Waals surface area contributed by atoms with Crippen molar-refractivity contribution in [2.24, 2.45) is 16.5 Å². The number of nitrogens with zero attached hydrogens (tertiary/aromatic N) is 3. The summed E-state index contributed by atoms with van der Waals surface area (Å²) >= 11 is 0.960. The number of aryl methyl sites for hydroxylation is 1. The van der Waals surface area contributed by atoms with Crippen LogP contribution in [0.5, 0.6) is 0 Å². The minimum atomic E-state index is -3.03. The molecule has 3 rings (SSSR count). The normalized spacial score (nSPS) is 19.3. The monoisotopic (exact) mass is 481 g/mol. The smallest absolute Gasteiger partial charge is 0.277 e. The number of carbonyl (C=O) groups is 1. The molecule has 1 amide bonds. The molecule has 178 valence electrons. The number of rotatable bonds is 4. The molecule has 0 spiro atoms. The predicted octanol–water partition coefficient (Wildman–Crippen LogP) is 2.46. The van der Waals surface area contributed by atoms with Crippen LogP contribution < -0.4 is 22.5 Å². The van der Waals surface area contributed by atoms with Crippen LogP contribution in [0.1, 0.15) is 28.9 Å². The van der Waals surface area contributed by atoms with E-state index in [1.807, 2.05) is 0 Å². The zero-order chi connectivity index (χ0) is 24.3. The molecular weight excluding hydrogens is 455 g/mol. The number of hydrogen-bond donors (Lipinski definition) is 4. The number of benzene rings is 1. The summed E-state index contributed by atoms with van der Waals surface area (Å²) in [5.41, 5.74) is 18.4. The van der Waals surface area contributed by atoms with Crippen molar-refractivity contribution < 1.29 is 18.0 Å². The lowest BCUT2D eigenvalue weighted by atomic mass is 10.1. The van der Waals surface area contributed by atoms with E-state index in [2.05, 4.69) is 15.3 Å². The number of nitrogen functional groups attached to an aromatic ring is 1. The van der Waals surface area contributed by atoms with Crippen molar-refractivity contribution in [3.8, 4) is 10.6 Å². The number of nitrogens with two attached hydrogens (primary N) is 3. The number of aromatic nitrogens is 1. The van der Waals surface area contributed by atoms with Crippen molar-refractivity contribution in [3.63, 3.8) is 0 Å². The van der Waals surface area contributed by atoms with Crippen LogP contribution in [0, 0.1) is 12.7 Å². The Kier molecular flexibility index (Phi) is 7.28. The van der Waals surface area contributed by atoms with Gasteiger partial charge in [-0.25, -0.2) is 18.2 Å². The molecule has 1 atom stereocenters. The van der Waals surface area contributed by atoms with Gasteiger partial charge in [0.25, 0.3) is 11.8 Å². The fourth-order valence-corrected chi connectivity index (χ4v) is 4.46. The Morgan fingerprint density at radius 3 is 2.82 bits per heavy atom. The van der Waals surface area contributed by atoms with Crippen molar-refractivity contribution in [1.29, 1.82) is 0 Å². The first kappa shape index (κ1) is 24.5. The number of aliphatic imine (C=N–C) groups is 1. The second-order valence-corrected chi connectivity index (χ2v) is 8.86. The van der Waals surface area contributed by atoms with Crippen LogP contribution in [0.15, 0.2) is 35.1 Å². The zero-order valence-electron chi connectivity index (χ0n) is 18.2. The Labute approximate surface area is 193 Å². The standard InChI is InChI=1S/C21H26F3N7OS/c1-11-3-4-14(22)13(7-11)20-30-16(17(27)33-20)19(32)29-15(9-25)18(28-2)31-6-5-12(26)8-21(23,24)10-31/h3-4,7,9,12H,5-6,8,10,25-27H2,1-2H3,(H,29,32)/b15-9+,28-18?. The molecule has 1 aromatic heterocycles. The van der Waals surface area contributed by atoms with E-state index in [0.717, 1.165) is 23.1 Å². The highest BCUT2D eigenvalue weighted by molar-refractivity contribution is 7.19. The number of carbonyl (C=O) groups excluding carboxylic acids is 1. The summed E-state index contributed by atoms with van der Waals surface area (Å²) in [5, 5.41) is 2.85. The number of thiazole rings is 1. The summed E-state index contributed by atoms with van der Waals surface area (Å²) in [6.07, 6.45) is 0.944. The topological polar surface area (TPSA) is 136 Å². The van der Waals surface area contributed by atoms with E-state index in [0.29, 0.717) is 6.42 Å². The number of alkyl halides is 2. The summed E-state index contributed by atoms with van der Waals surface area (Å²) in [6, 6.07) is 3.88. The number of nitrogens with one attached hydrogen (secondary N) is 1. The van der Waals surface area contributed by atoms with Gasteiger partial charge in [0.2, 0.25) is 0 Å². The lowest BCUT2D eigenvalue weighted by Gasteiger charge is -2.28. The van der Waals surface area contributed by atoms with E-state index in [9.17, 15) is 18.0 Å². The van der Waals surface area contributed by atoms with Crippen LogP contribution in [0.4, 0.5) is 18.2 Å². The SMILES string of the molecule is CN=C(/C(=C\N)NC(=O)c1nc(-c2cc(C)ccc2F)sc1N)N1CCC(N)CC(F)(F)C1. The molecule has 0 saturated carbocycles. The Hall–Kier alpha value is -3.12. The van der Waals surface area contributed by atoms with Gasteiger partial charge < -0.3 is 27.4 Å². The molecule has 0 bridgehead atoms. The highest BCUT2D eigenvalue weighted by Gasteiger charge is 2.38. The number of halogens is 3. The third-order valence-electron chi connectivity index (χ3n) is 5.14. The fraction of sp³-hybridized carbons (Fsp3) is 0.381. The van der Waals surface area contributed by atoms with Crippen LogP contribution in [-0.4, -0.2) is 53.7 Å². The van der Waals surface area contributed by atoms with E-state index >= 15 is 0 Å². The minimum absolute atomic E-state index is 0.0180. The average molecular weight is 482 g/mol. The lowest BCUT2D eigenvalue weighted by Crippen LogP contribution is -2.44. The summed E-state index contributed by atoms with van der Waals surface area (Å²) in [5.74, 6) is -4.16. The van der Waals surface area contributed by atoms with Gasteiger partial charge in [-0.2, -0.15) is 0 Å². The fourth-order valence-electron chi connectivity index (χ4n) is 3.61. The molecule has 2 aromatic rings. The zero-order valence-corrected chi connectivity index (χ0v) is 19.1. The van der Waals surface area contributed by atoms with E-state index in [1.165, 1.54) is 18.0 Å². The second-order valence-electron chi connectivity index (χ2n) is 7.83. The first-order valence-electron chi connectivity index (χ1n) is 10.2. The average Bonchev–Trinajstić information content (AvgIpc) is 3.07. The van der Waals surface area contributed by atoms with Gasteiger partial charge >= 0.3 is 0 Å². The molecule has 1 aromatic carbocycles. The number of hydrogen-bond acceptors (Lipinski definition) is 7. The van der Waals surface area contributed by atoms with Crippen molar-refractivity contribution >= 4 is 28.1 Å². The van der Waals surface area contributed by atoms with E-state index in [4.69, 9.17) is 17.2 Å². The Balaban J connectivity index is 1.84. The predicted molar refractivity (Wildman–Crippen MR) is 123 cm³/mol. The Morgan fingerprint density at radius 1 is 1.42 bits per heavy atom. The molecule has 0 aliphatic carbocycles. The van der Waals surface area contributed by atoms with Crippen molar-refractivity contribution in [3.05, 3.63) is 47.2 Å². The van der Waals surface area contributed by atoms with E-state index < -0.39 is 36.7 Å². The maximum absolute atomic E-state index is 14.3. The van der Waals surface area contributed by atoms with E-state index in [1.54, 1.807) is 19.1 Å². The quantitative estimate of drug-likeness (QED) is 0.391. The van der Waals surface area contributed by atoms with Gasteiger partial charge in [-0.15, -0.1) is 0 Å². The van der Waals surface area contributed by atoms with Gasteiger partial charge in [0.15, 0.2) is 5.69 Å². The number of amides is 1. The van der Waals surface area contributed by atoms with Crippen LogP contribution in [0.3, 0.4) is 0 Å². The van der Waals surface area contributed by atoms with Gasteiger partial charge in [-0.3, -0.25) is 9.79 Å². The highest BCUT2D eigenvalue weighted by atomic mass is 32.1. The third-order valence-corrected chi connectivity index (χ3v) is 6.06. The van der Waals surface area contributed by atoms with E-state index in [-0.39, 0.29) is 39.3 Å². The first-order chi connectivity index (χ1) is 15.5. The minimum Gasteiger partial charge on any atom is -0.403 e. The third kappa shape index (κ3) is 5.63. The molecule has 1 fully saturated rings. The number of anilines is 1. The Morgan fingerprint density at radius 2 is 2.15 bits per heavy atom. The van der Waals surface area contributed by atoms with Crippen molar-refractivity contribution in [2.75, 3.05) is 25.9 Å². The molecule has 1 aliphatic heterocycles. The molecular formula is C21H26F3N7OS. The number of amidine groups is 1. The lowest BCUT2D eigenvalue weighted by molar-refractivity contribution is -0.0203. The number of likely N-dealkylation sites (tertiary alicyclic amines) is 1. The summed E-state index contributed by atoms with van der Waals surface area (Å²) < 4.78 is 42.8. The van der Waals surface area contributed by atoms with Crippen LogP contribution in [0.2, 0.25) is 0 Å². The largest absolute Gasteiger partial charge is 0.403 e. The van der Waals surface area contributed by atoms with Crippen molar-refractivity contribution in [2.45, 2.75) is 31.7 Å². The maximum Gasteiger partial charge on any atom is 0.277 e. The van der Waals surface area contributed by atoms with Gasteiger partial charge in [0.05, 0.1) is 12.2 Å². The molecule has 0 radical (unpaired) electrons. The van der Waals surface area contributed by atoms with Gasteiger partial charge in [-0.1, -0.05) is 23.0 Å². The molecule has 1 aliphatic rings. The molecule has 12 heteroatoms. The molecule has 1 saturated heterocycles. The van der Waals surface area contributed by atoms with Gasteiger partial charge in [0.1, 0.15) is 21.7 Å². The molecule has 1 unspecified atom stereocenters. The molecule has 33 heavy (non-hydrogen) atoms. The Bertz CT molecular complexity index is 1100.